The first kappa shape index (κ1) is 19.8. The number of nitrogens with one attached hydrogen (secondary N) is 3. The number of hydrogen-bond donors (Lipinski definition) is 3. The molecule has 30 heavy (non-hydrogen) atoms. The summed E-state index contributed by atoms with van der Waals surface area (Å²) in [7, 11) is 0. The molecule has 0 aliphatic carbocycles. The zero-order chi connectivity index (χ0) is 20.9. The number of anilines is 1. The number of fused-ring (bicyclic) bond motifs is 1. The Morgan fingerprint density at radius 3 is 2.80 bits per heavy atom. The number of aromatic amines is 1. The van der Waals surface area contributed by atoms with Gasteiger partial charge in [0.15, 0.2) is 0 Å². The summed E-state index contributed by atoms with van der Waals surface area (Å²) in [5, 5.41) is 6.98. The van der Waals surface area contributed by atoms with Crippen LogP contribution in [0.4, 0.5) is 10.5 Å². The normalized spacial score (nSPS) is 16.1. The first-order valence-corrected chi connectivity index (χ1v) is 10.3. The molecule has 1 aliphatic rings. The van der Waals surface area contributed by atoms with Crippen molar-refractivity contribution in [3.05, 3.63) is 60.3 Å². The van der Waals surface area contributed by atoms with E-state index in [1.165, 1.54) is 10.9 Å². The van der Waals surface area contributed by atoms with Crippen molar-refractivity contribution < 1.29 is 14.3 Å². The Hall–Kier alpha value is -3.48. The maximum Gasteiger partial charge on any atom is 0.315 e. The predicted molar refractivity (Wildman–Crippen MR) is 117 cm³/mol. The maximum absolute atomic E-state index is 12.4. The molecule has 1 aromatic heterocycles. The second-order valence-electron chi connectivity index (χ2n) is 7.34. The molecule has 0 radical (unpaired) electrons. The van der Waals surface area contributed by atoms with E-state index >= 15 is 0 Å². The van der Waals surface area contributed by atoms with Crippen molar-refractivity contribution in [2.45, 2.75) is 25.8 Å². The molecule has 7 nitrogen and oxygen atoms in total. The van der Waals surface area contributed by atoms with Crippen molar-refractivity contribution in [2.75, 3.05) is 24.6 Å². The number of rotatable bonds is 7. The minimum absolute atomic E-state index is 0.00301. The van der Waals surface area contributed by atoms with Gasteiger partial charge < -0.3 is 25.3 Å². The van der Waals surface area contributed by atoms with E-state index in [0.717, 1.165) is 23.4 Å². The second kappa shape index (κ2) is 8.90. The van der Waals surface area contributed by atoms with Gasteiger partial charge in [-0.3, -0.25) is 4.79 Å². The molecule has 4 rings (SSSR count). The van der Waals surface area contributed by atoms with Gasteiger partial charge in [-0.05, 0) is 49.2 Å². The molecule has 1 fully saturated rings. The summed E-state index contributed by atoms with van der Waals surface area (Å²) in [6.45, 7) is 3.52. The fraction of sp³-hybridized carbons (Fsp3) is 0.304. The lowest BCUT2D eigenvalue weighted by Gasteiger charge is -2.18. The van der Waals surface area contributed by atoms with E-state index in [9.17, 15) is 9.59 Å². The summed E-state index contributed by atoms with van der Waals surface area (Å²) in [4.78, 5) is 29.6. The van der Waals surface area contributed by atoms with E-state index in [1.54, 1.807) is 4.90 Å². The van der Waals surface area contributed by atoms with Crippen molar-refractivity contribution in [1.29, 1.82) is 0 Å². The molecule has 1 saturated heterocycles. The van der Waals surface area contributed by atoms with Gasteiger partial charge in [0, 0.05) is 42.3 Å². The van der Waals surface area contributed by atoms with E-state index in [-0.39, 0.29) is 18.0 Å². The maximum atomic E-state index is 12.4. The van der Waals surface area contributed by atoms with Crippen LogP contribution in [0, 0.1) is 0 Å². The third-order valence-corrected chi connectivity index (χ3v) is 5.27. The molecule has 3 N–H and O–H groups in total. The smallest absolute Gasteiger partial charge is 0.315 e. The zero-order valence-corrected chi connectivity index (χ0v) is 17.0. The number of nitrogens with zero attached hydrogens (tertiary/aromatic N) is 1. The number of H-pyrrole nitrogens is 1. The van der Waals surface area contributed by atoms with Crippen LogP contribution in [0.5, 0.6) is 5.75 Å². The molecular formula is C23H26N4O3. The van der Waals surface area contributed by atoms with Crippen LogP contribution in [0.15, 0.2) is 54.7 Å². The zero-order valence-electron chi connectivity index (χ0n) is 17.0. The molecule has 156 valence electrons. The third-order valence-electron chi connectivity index (χ3n) is 5.27. The van der Waals surface area contributed by atoms with Gasteiger partial charge in [0.05, 0.1) is 12.6 Å². The number of para-hydroxylation sites is 1. The highest BCUT2D eigenvalue weighted by molar-refractivity contribution is 5.96. The summed E-state index contributed by atoms with van der Waals surface area (Å²) < 4.78 is 5.44. The Morgan fingerprint density at radius 1 is 1.20 bits per heavy atom. The molecule has 3 aromatic rings. The highest BCUT2D eigenvalue weighted by Crippen LogP contribution is 2.24. The van der Waals surface area contributed by atoms with Crippen molar-refractivity contribution in [1.82, 2.24) is 15.6 Å². The van der Waals surface area contributed by atoms with Crippen molar-refractivity contribution >= 4 is 28.5 Å². The van der Waals surface area contributed by atoms with E-state index in [0.29, 0.717) is 26.1 Å². The largest absolute Gasteiger partial charge is 0.494 e. The number of hydrogen-bond acceptors (Lipinski definition) is 3. The highest BCUT2D eigenvalue weighted by atomic mass is 16.5. The Bertz CT molecular complexity index is 1030. The summed E-state index contributed by atoms with van der Waals surface area (Å²) in [6.07, 6.45) is 3.01. The predicted octanol–water partition coefficient (Wildman–Crippen LogP) is 3.21. The molecule has 0 saturated carbocycles. The van der Waals surface area contributed by atoms with Gasteiger partial charge in [-0.15, -0.1) is 0 Å². The molecular weight excluding hydrogens is 380 g/mol. The average molecular weight is 406 g/mol. The summed E-state index contributed by atoms with van der Waals surface area (Å²) in [5.74, 6) is 0.778. The fourth-order valence-electron chi connectivity index (χ4n) is 3.83. The van der Waals surface area contributed by atoms with Gasteiger partial charge in [-0.1, -0.05) is 18.2 Å². The average Bonchev–Trinajstić information content (AvgIpc) is 3.32. The topological polar surface area (TPSA) is 86.5 Å². The standard InChI is InChI=1S/C23H26N4O3/c1-2-30-19-9-7-18(8-10-19)27-15-17(13-22(27)28)26-23(29)24-12-11-16-14-25-21-6-4-3-5-20(16)21/h3-10,14,17,25H,2,11-13,15H2,1H3,(H2,24,26,29)/t17-/m0/s1. The van der Waals surface area contributed by atoms with Gasteiger partial charge >= 0.3 is 6.03 Å². The molecule has 2 aromatic carbocycles. The number of aromatic nitrogens is 1. The molecule has 1 aliphatic heterocycles. The molecule has 1 atom stereocenters. The Balaban J connectivity index is 1.26. The number of amides is 3. The molecule has 3 amide bonds. The lowest BCUT2D eigenvalue weighted by Crippen LogP contribution is -2.43. The van der Waals surface area contributed by atoms with Crippen LogP contribution in [0.25, 0.3) is 10.9 Å². The minimum atomic E-state index is -0.249. The van der Waals surface area contributed by atoms with Gasteiger partial charge in [0.25, 0.3) is 0 Å². The van der Waals surface area contributed by atoms with Gasteiger partial charge in [0.2, 0.25) is 5.91 Å². The van der Waals surface area contributed by atoms with Crippen LogP contribution in [0.2, 0.25) is 0 Å². The van der Waals surface area contributed by atoms with Crippen molar-refractivity contribution in [3.63, 3.8) is 0 Å². The summed E-state index contributed by atoms with van der Waals surface area (Å²) in [5.41, 5.74) is 3.08. The van der Waals surface area contributed by atoms with Crippen LogP contribution in [0.1, 0.15) is 18.9 Å². The monoisotopic (exact) mass is 406 g/mol. The van der Waals surface area contributed by atoms with E-state index in [2.05, 4.69) is 21.7 Å². The number of carbonyl (C=O) groups excluding carboxylic acids is 2. The van der Waals surface area contributed by atoms with E-state index in [1.807, 2.05) is 55.6 Å². The minimum Gasteiger partial charge on any atom is -0.494 e. The highest BCUT2D eigenvalue weighted by Gasteiger charge is 2.31. The quantitative estimate of drug-likeness (QED) is 0.563. The van der Waals surface area contributed by atoms with Crippen LogP contribution >= 0.6 is 0 Å². The Morgan fingerprint density at radius 2 is 2.00 bits per heavy atom. The van der Waals surface area contributed by atoms with E-state index in [4.69, 9.17) is 4.74 Å². The molecule has 2 heterocycles. The van der Waals surface area contributed by atoms with Crippen LogP contribution < -0.4 is 20.3 Å². The van der Waals surface area contributed by atoms with Crippen LogP contribution in [0.3, 0.4) is 0 Å². The van der Waals surface area contributed by atoms with Crippen LogP contribution in [-0.4, -0.2) is 42.7 Å². The molecule has 0 bridgehead atoms. The number of carbonyl (C=O) groups is 2. The first-order valence-electron chi connectivity index (χ1n) is 10.3. The molecule has 0 unspecified atom stereocenters. The Labute approximate surface area is 175 Å². The lowest BCUT2D eigenvalue weighted by atomic mass is 10.1. The number of ether oxygens (including phenoxy) is 1. The van der Waals surface area contributed by atoms with Crippen LogP contribution in [-0.2, 0) is 11.2 Å². The summed E-state index contributed by atoms with van der Waals surface area (Å²) in [6, 6.07) is 15.1. The number of urea groups is 1. The molecule has 0 spiro atoms. The van der Waals surface area contributed by atoms with E-state index < -0.39 is 0 Å². The first-order chi connectivity index (χ1) is 14.6. The second-order valence-corrected chi connectivity index (χ2v) is 7.34. The third kappa shape index (κ3) is 4.40. The molecule has 7 heteroatoms. The fourth-order valence-corrected chi connectivity index (χ4v) is 3.83. The van der Waals surface area contributed by atoms with Gasteiger partial charge in [-0.25, -0.2) is 4.79 Å². The Kier molecular flexibility index (Phi) is 5.88. The van der Waals surface area contributed by atoms with Crippen molar-refractivity contribution in [3.8, 4) is 5.75 Å². The summed E-state index contributed by atoms with van der Waals surface area (Å²) >= 11 is 0. The van der Waals surface area contributed by atoms with Gasteiger partial charge in [0.1, 0.15) is 5.75 Å². The van der Waals surface area contributed by atoms with Crippen molar-refractivity contribution in [2.24, 2.45) is 0 Å². The lowest BCUT2D eigenvalue weighted by molar-refractivity contribution is -0.117. The van der Waals surface area contributed by atoms with Gasteiger partial charge in [-0.2, -0.15) is 0 Å². The number of benzene rings is 2. The SMILES string of the molecule is CCOc1ccc(N2C[C@@H](NC(=O)NCCc3c[nH]c4ccccc34)CC2=O)cc1.